The van der Waals surface area contributed by atoms with Gasteiger partial charge in [-0.1, -0.05) is 0 Å². The van der Waals surface area contributed by atoms with Crippen LogP contribution in [0, 0.1) is 11.8 Å². The first kappa shape index (κ1) is 12.9. The highest BCUT2D eigenvalue weighted by Gasteiger charge is 2.55. The van der Waals surface area contributed by atoms with Gasteiger partial charge in [-0.25, -0.2) is 0 Å². The van der Waals surface area contributed by atoms with E-state index in [0.717, 1.165) is 0 Å². The summed E-state index contributed by atoms with van der Waals surface area (Å²) in [6.07, 6.45) is 0.153. The Morgan fingerprint density at radius 3 is 2.79 bits per heavy atom. The smallest absolute Gasteiger partial charge is 0.306 e. The summed E-state index contributed by atoms with van der Waals surface area (Å²) in [4.78, 5) is 22.6. The van der Waals surface area contributed by atoms with Crippen LogP contribution >= 0.6 is 0 Å². The molecule has 0 spiro atoms. The zero-order valence-electron chi connectivity index (χ0n) is 11.0. The molecule has 6 nitrogen and oxygen atoms in total. The molecule has 19 heavy (non-hydrogen) atoms. The highest BCUT2D eigenvalue weighted by atomic mass is 16.7. The Bertz CT molecular complexity index is 395. The summed E-state index contributed by atoms with van der Waals surface area (Å²) < 4.78 is 21.8. The molecule has 3 fully saturated rings. The predicted octanol–water partition coefficient (Wildman–Crippen LogP) is 0.631. The third-order valence-electron chi connectivity index (χ3n) is 4.16. The van der Waals surface area contributed by atoms with Crippen molar-refractivity contribution in [2.75, 3.05) is 6.61 Å². The topological polar surface area (TPSA) is 71.1 Å². The van der Waals surface area contributed by atoms with E-state index in [0.29, 0.717) is 19.4 Å². The fraction of sp³-hybridized carbons (Fsp3) is 0.846. The second kappa shape index (κ2) is 4.76. The maximum atomic E-state index is 11.4. The van der Waals surface area contributed by atoms with Crippen molar-refractivity contribution in [3.05, 3.63) is 0 Å². The number of hydrogen-bond acceptors (Lipinski definition) is 6. The zero-order chi connectivity index (χ0) is 13.6. The molecule has 0 amide bonds. The molecule has 106 valence electrons. The van der Waals surface area contributed by atoms with Crippen molar-refractivity contribution in [1.82, 2.24) is 0 Å². The Kier molecular flexibility index (Phi) is 3.22. The Balaban J connectivity index is 1.78. The molecule has 2 aliphatic heterocycles. The summed E-state index contributed by atoms with van der Waals surface area (Å²) in [7, 11) is 0. The van der Waals surface area contributed by atoms with Gasteiger partial charge in [-0.2, -0.15) is 0 Å². The molecule has 0 aromatic heterocycles. The number of carbonyl (C=O) groups is 2. The quantitative estimate of drug-likeness (QED) is 0.685. The first-order valence-electron chi connectivity index (χ1n) is 6.68. The number of ether oxygens (including phenoxy) is 4. The fourth-order valence-corrected chi connectivity index (χ4v) is 3.51. The second-order valence-corrected chi connectivity index (χ2v) is 5.43. The largest absolute Gasteiger partial charge is 0.462 e. The highest BCUT2D eigenvalue weighted by Crippen LogP contribution is 2.46. The molecular weight excluding hydrogens is 252 g/mol. The zero-order valence-corrected chi connectivity index (χ0v) is 11.0. The van der Waals surface area contributed by atoms with E-state index < -0.39 is 0 Å². The van der Waals surface area contributed by atoms with Crippen LogP contribution in [0.2, 0.25) is 0 Å². The van der Waals surface area contributed by atoms with Crippen LogP contribution in [-0.4, -0.2) is 43.1 Å². The summed E-state index contributed by atoms with van der Waals surface area (Å²) in [5.41, 5.74) is 0. The molecule has 6 atom stereocenters. The van der Waals surface area contributed by atoms with E-state index in [2.05, 4.69) is 0 Å². The molecule has 3 rings (SSSR count). The van der Waals surface area contributed by atoms with Crippen molar-refractivity contribution in [2.45, 2.75) is 51.3 Å². The lowest BCUT2D eigenvalue weighted by atomic mass is 9.87. The van der Waals surface area contributed by atoms with Gasteiger partial charge in [0.2, 0.25) is 0 Å². The van der Waals surface area contributed by atoms with Gasteiger partial charge in [-0.05, 0) is 6.92 Å². The Hall–Kier alpha value is -1.14. The molecular formula is C13H18O6. The van der Waals surface area contributed by atoms with E-state index in [4.69, 9.17) is 18.9 Å². The third-order valence-corrected chi connectivity index (χ3v) is 4.16. The summed E-state index contributed by atoms with van der Waals surface area (Å²) in [6, 6.07) is 0. The minimum absolute atomic E-state index is 0.0229. The standard InChI is InChI=1S/C13H18O6/c1-6(14)17-10-4-9-8(3-12(15)19-9)13(10)11-5-16-7(2)18-11/h7-11,13H,3-5H2,1-2H3/t7?,8-,9-,10+,11-,13+/m0/s1. The Morgan fingerprint density at radius 1 is 1.37 bits per heavy atom. The number of rotatable bonds is 2. The highest BCUT2D eigenvalue weighted by molar-refractivity contribution is 5.72. The minimum atomic E-state index is -0.312. The molecule has 2 saturated heterocycles. The Labute approximate surface area is 111 Å². The third kappa shape index (κ3) is 2.34. The van der Waals surface area contributed by atoms with Crippen molar-refractivity contribution < 1.29 is 28.5 Å². The van der Waals surface area contributed by atoms with E-state index >= 15 is 0 Å². The molecule has 6 heteroatoms. The van der Waals surface area contributed by atoms with Crippen molar-refractivity contribution in [2.24, 2.45) is 11.8 Å². The molecule has 0 N–H and O–H groups in total. The molecule has 0 radical (unpaired) electrons. The van der Waals surface area contributed by atoms with Gasteiger partial charge in [0.25, 0.3) is 0 Å². The second-order valence-electron chi connectivity index (χ2n) is 5.43. The average molecular weight is 270 g/mol. The van der Waals surface area contributed by atoms with E-state index in [-0.39, 0.29) is 48.4 Å². The summed E-state index contributed by atoms with van der Waals surface area (Å²) >= 11 is 0. The lowest BCUT2D eigenvalue weighted by Gasteiger charge is -2.26. The molecule has 0 aromatic rings. The number of hydrogen-bond donors (Lipinski definition) is 0. The first-order valence-corrected chi connectivity index (χ1v) is 6.68. The van der Waals surface area contributed by atoms with Gasteiger partial charge in [0.05, 0.1) is 19.1 Å². The van der Waals surface area contributed by atoms with Crippen LogP contribution in [-0.2, 0) is 28.5 Å². The summed E-state index contributed by atoms with van der Waals surface area (Å²) in [5, 5.41) is 0. The van der Waals surface area contributed by atoms with Gasteiger partial charge in [0.15, 0.2) is 6.29 Å². The van der Waals surface area contributed by atoms with Crippen LogP contribution in [0.4, 0.5) is 0 Å². The summed E-state index contributed by atoms with van der Waals surface area (Å²) in [6.45, 7) is 3.70. The fourth-order valence-electron chi connectivity index (χ4n) is 3.51. The van der Waals surface area contributed by atoms with Gasteiger partial charge < -0.3 is 18.9 Å². The van der Waals surface area contributed by atoms with Crippen molar-refractivity contribution in [3.8, 4) is 0 Å². The van der Waals surface area contributed by atoms with Crippen LogP contribution in [0.5, 0.6) is 0 Å². The number of fused-ring (bicyclic) bond motifs is 1. The summed E-state index contributed by atoms with van der Waals surface area (Å²) in [5.74, 6) is -0.442. The molecule has 1 unspecified atom stereocenters. The van der Waals surface area contributed by atoms with E-state index in [1.54, 1.807) is 0 Å². The van der Waals surface area contributed by atoms with Crippen molar-refractivity contribution in [3.63, 3.8) is 0 Å². The number of esters is 2. The first-order chi connectivity index (χ1) is 9.04. The monoisotopic (exact) mass is 270 g/mol. The van der Waals surface area contributed by atoms with Gasteiger partial charge >= 0.3 is 11.9 Å². The van der Waals surface area contributed by atoms with Crippen LogP contribution < -0.4 is 0 Å². The van der Waals surface area contributed by atoms with Crippen LogP contribution in [0.15, 0.2) is 0 Å². The lowest BCUT2D eigenvalue weighted by Crippen LogP contribution is -2.36. The van der Waals surface area contributed by atoms with E-state index in [9.17, 15) is 9.59 Å². The van der Waals surface area contributed by atoms with Crippen molar-refractivity contribution >= 4 is 11.9 Å². The molecule has 2 heterocycles. The molecule has 1 aliphatic carbocycles. The van der Waals surface area contributed by atoms with E-state index in [1.807, 2.05) is 6.92 Å². The SMILES string of the molecule is CC(=O)O[C@@H]1C[C@@H]2OC(=O)C[C@@H]2[C@H]1[C@@H]1COC(C)O1. The number of carbonyl (C=O) groups excluding carboxylic acids is 2. The average Bonchev–Trinajstić information content (AvgIpc) is 2.92. The maximum Gasteiger partial charge on any atom is 0.306 e. The van der Waals surface area contributed by atoms with Crippen LogP contribution in [0.25, 0.3) is 0 Å². The van der Waals surface area contributed by atoms with Crippen LogP contribution in [0.1, 0.15) is 26.7 Å². The maximum absolute atomic E-state index is 11.4. The molecule has 0 bridgehead atoms. The molecule has 0 aromatic carbocycles. The van der Waals surface area contributed by atoms with Gasteiger partial charge in [-0.3, -0.25) is 9.59 Å². The predicted molar refractivity (Wildman–Crippen MR) is 61.9 cm³/mol. The normalized spacial score (nSPS) is 45.1. The minimum Gasteiger partial charge on any atom is -0.462 e. The van der Waals surface area contributed by atoms with Crippen molar-refractivity contribution in [1.29, 1.82) is 0 Å². The molecule has 3 aliphatic rings. The van der Waals surface area contributed by atoms with Gasteiger partial charge in [0, 0.05) is 25.2 Å². The van der Waals surface area contributed by atoms with Gasteiger partial charge in [-0.15, -0.1) is 0 Å². The van der Waals surface area contributed by atoms with Gasteiger partial charge in [0.1, 0.15) is 12.2 Å². The molecule has 1 saturated carbocycles. The Morgan fingerprint density at radius 2 is 2.16 bits per heavy atom. The lowest BCUT2D eigenvalue weighted by molar-refractivity contribution is -0.152. The van der Waals surface area contributed by atoms with E-state index in [1.165, 1.54) is 6.92 Å². The van der Waals surface area contributed by atoms with Crippen LogP contribution in [0.3, 0.4) is 0 Å².